The number of phenols is 1. The van der Waals surface area contributed by atoms with Gasteiger partial charge in [0.2, 0.25) is 0 Å². The Kier molecular flexibility index (Phi) is 4.49. The van der Waals surface area contributed by atoms with E-state index in [1.165, 1.54) is 0 Å². The smallest absolute Gasteiger partial charge is 0.166 e. The van der Waals surface area contributed by atoms with E-state index in [1.807, 2.05) is 72.8 Å². The van der Waals surface area contributed by atoms with Crippen molar-refractivity contribution in [2.45, 2.75) is 0 Å². The summed E-state index contributed by atoms with van der Waals surface area (Å²) >= 11 is 0. The number of ether oxygens (including phenoxy) is 1. The number of phenolic OH excluding ortho intramolecular Hbond substituents is 1. The second-order valence-electron chi connectivity index (χ2n) is 7.22. The summed E-state index contributed by atoms with van der Waals surface area (Å²) in [6.07, 6.45) is 0. The molecule has 3 nitrogen and oxygen atoms in total. The standard InChI is InChI=1S/C27H21NO2/c1-30-24-17-19-10-6-8-14-22(19)26(27(24)29)25-21-13-7-5-9-18(21)15-16-23(25)28-20-11-3-2-4-12-20/h2-17,28-29H,1H3. The van der Waals surface area contributed by atoms with E-state index in [2.05, 4.69) is 29.6 Å². The predicted octanol–water partition coefficient (Wildman–Crippen LogP) is 7.12. The van der Waals surface area contributed by atoms with Crippen LogP contribution in [0.1, 0.15) is 0 Å². The minimum absolute atomic E-state index is 0.142. The van der Waals surface area contributed by atoms with Gasteiger partial charge in [-0.3, -0.25) is 0 Å². The lowest BCUT2D eigenvalue weighted by atomic mass is 9.91. The van der Waals surface area contributed by atoms with E-state index in [4.69, 9.17) is 4.74 Å². The second kappa shape index (κ2) is 7.45. The average Bonchev–Trinajstić information content (AvgIpc) is 2.80. The van der Waals surface area contributed by atoms with E-state index in [0.717, 1.165) is 44.0 Å². The summed E-state index contributed by atoms with van der Waals surface area (Å²) in [5.41, 5.74) is 3.62. The van der Waals surface area contributed by atoms with Crippen LogP contribution < -0.4 is 10.1 Å². The number of aromatic hydroxyl groups is 1. The minimum atomic E-state index is 0.142. The van der Waals surface area contributed by atoms with Gasteiger partial charge in [0, 0.05) is 22.5 Å². The quantitative estimate of drug-likeness (QED) is 0.343. The monoisotopic (exact) mass is 391 g/mol. The highest BCUT2D eigenvalue weighted by Crippen LogP contribution is 2.48. The summed E-state index contributed by atoms with van der Waals surface area (Å²) in [7, 11) is 1.58. The third-order valence-corrected chi connectivity index (χ3v) is 5.44. The number of rotatable bonds is 4. The van der Waals surface area contributed by atoms with Gasteiger partial charge < -0.3 is 15.2 Å². The van der Waals surface area contributed by atoms with Crippen LogP contribution in [0.4, 0.5) is 11.4 Å². The first-order valence-corrected chi connectivity index (χ1v) is 9.89. The fourth-order valence-electron chi connectivity index (χ4n) is 4.04. The van der Waals surface area contributed by atoms with Crippen molar-refractivity contribution in [2.75, 3.05) is 12.4 Å². The summed E-state index contributed by atoms with van der Waals surface area (Å²) in [6.45, 7) is 0. The van der Waals surface area contributed by atoms with Crippen LogP contribution in [0.15, 0.2) is 97.1 Å². The first-order valence-electron chi connectivity index (χ1n) is 9.89. The van der Waals surface area contributed by atoms with Gasteiger partial charge in [-0.25, -0.2) is 0 Å². The van der Waals surface area contributed by atoms with Gasteiger partial charge in [-0.2, -0.15) is 0 Å². The van der Waals surface area contributed by atoms with Gasteiger partial charge in [-0.1, -0.05) is 72.8 Å². The fourth-order valence-corrected chi connectivity index (χ4v) is 4.04. The average molecular weight is 391 g/mol. The number of para-hydroxylation sites is 1. The van der Waals surface area contributed by atoms with Crippen LogP contribution in [-0.4, -0.2) is 12.2 Å². The third kappa shape index (κ3) is 3.01. The maximum atomic E-state index is 11.2. The SMILES string of the molecule is COc1cc2ccccc2c(-c2c(Nc3ccccc3)ccc3ccccc23)c1O. The Morgan fingerprint density at radius 2 is 1.30 bits per heavy atom. The van der Waals surface area contributed by atoms with Gasteiger partial charge in [0.25, 0.3) is 0 Å². The highest BCUT2D eigenvalue weighted by atomic mass is 16.5. The molecular weight excluding hydrogens is 370 g/mol. The molecule has 0 unspecified atom stereocenters. The summed E-state index contributed by atoms with van der Waals surface area (Å²) in [5.74, 6) is 0.603. The van der Waals surface area contributed by atoms with Crippen molar-refractivity contribution in [1.29, 1.82) is 0 Å². The van der Waals surface area contributed by atoms with E-state index in [9.17, 15) is 5.11 Å². The van der Waals surface area contributed by atoms with Crippen molar-refractivity contribution in [2.24, 2.45) is 0 Å². The molecule has 0 saturated heterocycles. The molecule has 2 N–H and O–H groups in total. The Morgan fingerprint density at radius 3 is 2.03 bits per heavy atom. The van der Waals surface area contributed by atoms with Gasteiger partial charge >= 0.3 is 0 Å². The summed E-state index contributed by atoms with van der Waals surface area (Å²) < 4.78 is 5.52. The van der Waals surface area contributed by atoms with Crippen molar-refractivity contribution < 1.29 is 9.84 Å². The number of methoxy groups -OCH3 is 1. The molecule has 0 bridgehead atoms. The van der Waals surface area contributed by atoms with Crippen molar-refractivity contribution in [1.82, 2.24) is 0 Å². The third-order valence-electron chi connectivity index (χ3n) is 5.44. The number of hydrogen-bond donors (Lipinski definition) is 2. The Morgan fingerprint density at radius 1 is 0.667 bits per heavy atom. The van der Waals surface area contributed by atoms with Crippen LogP contribution in [0, 0.1) is 0 Å². The topological polar surface area (TPSA) is 41.5 Å². The van der Waals surface area contributed by atoms with Gasteiger partial charge in [0.1, 0.15) is 0 Å². The lowest BCUT2D eigenvalue weighted by Gasteiger charge is -2.19. The van der Waals surface area contributed by atoms with Crippen molar-refractivity contribution >= 4 is 32.9 Å². The van der Waals surface area contributed by atoms with Gasteiger partial charge in [0.15, 0.2) is 11.5 Å². The zero-order chi connectivity index (χ0) is 20.5. The molecule has 0 saturated carbocycles. The van der Waals surface area contributed by atoms with Gasteiger partial charge in [-0.15, -0.1) is 0 Å². The second-order valence-corrected chi connectivity index (χ2v) is 7.22. The Balaban J connectivity index is 1.89. The molecule has 5 aromatic carbocycles. The van der Waals surface area contributed by atoms with Gasteiger partial charge in [-0.05, 0) is 45.8 Å². The highest BCUT2D eigenvalue weighted by Gasteiger charge is 2.20. The molecule has 30 heavy (non-hydrogen) atoms. The zero-order valence-corrected chi connectivity index (χ0v) is 16.6. The van der Waals surface area contributed by atoms with Crippen molar-refractivity contribution in [3.8, 4) is 22.6 Å². The molecule has 0 radical (unpaired) electrons. The number of nitrogens with one attached hydrogen (secondary N) is 1. The number of anilines is 2. The molecule has 5 aromatic rings. The number of fused-ring (bicyclic) bond motifs is 2. The Hall–Kier alpha value is -3.98. The predicted molar refractivity (Wildman–Crippen MR) is 125 cm³/mol. The molecule has 5 rings (SSSR count). The highest BCUT2D eigenvalue weighted by molar-refractivity contribution is 6.12. The van der Waals surface area contributed by atoms with Crippen LogP contribution in [0.5, 0.6) is 11.5 Å². The molecule has 0 aliphatic heterocycles. The first-order chi connectivity index (χ1) is 14.8. The van der Waals surface area contributed by atoms with Crippen LogP contribution >= 0.6 is 0 Å². The van der Waals surface area contributed by atoms with E-state index < -0.39 is 0 Å². The van der Waals surface area contributed by atoms with E-state index in [0.29, 0.717) is 5.75 Å². The molecule has 146 valence electrons. The lowest BCUT2D eigenvalue weighted by molar-refractivity contribution is 0.375. The molecule has 0 spiro atoms. The Bertz CT molecular complexity index is 1360. The molecule has 0 aliphatic rings. The van der Waals surface area contributed by atoms with Crippen molar-refractivity contribution in [3.63, 3.8) is 0 Å². The van der Waals surface area contributed by atoms with E-state index >= 15 is 0 Å². The van der Waals surface area contributed by atoms with Crippen LogP contribution in [0.25, 0.3) is 32.7 Å². The molecule has 0 heterocycles. The zero-order valence-electron chi connectivity index (χ0n) is 16.6. The molecule has 0 amide bonds. The normalized spacial score (nSPS) is 11.0. The molecular formula is C27H21NO2. The summed E-state index contributed by atoms with van der Waals surface area (Å²) in [6, 6.07) is 32.4. The molecule has 0 fully saturated rings. The minimum Gasteiger partial charge on any atom is -0.504 e. The van der Waals surface area contributed by atoms with E-state index in [1.54, 1.807) is 7.11 Å². The largest absolute Gasteiger partial charge is 0.504 e. The lowest BCUT2D eigenvalue weighted by Crippen LogP contribution is -1.96. The maximum absolute atomic E-state index is 11.2. The van der Waals surface area contributed by atoms with Crippen LogP contribution in [0.3, 0.4) is 0 Å². The summed E-state index contributed by atoms with van der Waals surface area (Å²) in [4.78, 5) is 0. The number of benzene rings is 5. The van der Waals surface area contributed by atoms with Crippen molar-refractivity contribution in [3.05, 3.63) is 97.1 Å². The fraction of sp³-hybridized carbons (Fsp3) is 0.0370. The van der Waals surface area contributed by atoms with E-state index in [-0.39, 0.29) is 5.75 Å². The molecule has 0 aromatic heterocycles. The molecule has 0 atom stereocenters. The summed E-state index contributed by atoms with van der Waals surface area (Å²) in [5, 5.41) is 18.9. The van der Waals surface area contributed by atoms with Crippen LogP contribution in [0.2, 0.25) is 0 Å². The van der Waals surface area contributed by atoms with Gasteiger partial charge in [0.05, 0.1) is 7.11 Å². The maximum Gasteiger partial charge on any atom is 0.166 e. The van der Waals surface area contributed by atoms with Crippen LogP contribution in [-0.2, 0) is 0 Å². The first kappa shape index (κ1) is 18.1. The Labute approximate surface area is 175 Å². The number of hydrogen-bond acceptors (Lipinski definition) is 3. The molecule has 0 aliphatic carbocycles. The molecule has 3 heteroatoms.